The zero-order valence-electron chi connectivity index (χ0n) is 8.38. The van der Waals surface area contributed by atoms with Crippen LogP contribution < -0.4 is 4.74 Å². The van der Waals surface area contributed by atoms with Gasteiger partial charge in [-0.25, -0.2) is 8.42 Å². The number of hydrogen-bond donors (Lipinski definition) is 0. The zero-order chi connectivity index (χ0) is 13.2. The molecule has 1 aromatic rings. The number of nitrogens with zero attached hydrogens (tertiary/aromatic N) is 2. The van der Waals surface area contributed by atoms with Crippen molar-refractivity contribution in [2.24, 2.45) is 0 Å². The van der Waals surface area contributed by atoms with E-state index in [2.05, 4.69) is 0 Å². The molecule has 90 valence electrons. The number of nitriles is 1. The van der Waals surface area contributed by atoms with Gasteiger partial charge in [-0.3, -0.25) is 10.1 Å². The number of hydrogen-bond acceptors (Lipinski definition) is 6. The van der Waals surface area contributed by atoms with Gasteiger partial charge in [0, 0.05) is 22.8 Å². The molecule has 17 heavy (non-hydrogen) atoms. The summed E-state index contributed by atoms with van der Waals surface area (Å²) < 4.78 is 26.9. The number of nitro groups is 1. The van der Waals surface area contributed by atoms with Crippen molar-refractivity contribution in [3.05, 3.63) is 27.8 Å². The summed E-state index contributed by atoms with van der Waals surface area (Å²) in [7, 11) is 2.09. The first kappa shape index (κ1) is 13.2. The molecule has 0 radical (unpaired) electrons. The summed E-state index contributed by atoms with van der Waals surface area (Å²) in [5.41, 5.74) is -1.03. The first-order valence-corrected chi connectivity index (χ1v) is 6.33. The van der Waals surface area contributed by atoms with Crippen LogP contribution in [0.4, 0.5) is 5.69 Å². The van der Waals surface area contributed by atoms with E-state index in [4.69, 9.17) is 20.7 Å². The van der Waals surface area contributed by atoms with Gasteiger partial charge in [0.25, 0.3) is 14.7 Å². The Hall–Kier alpha value is -1.85. The van der Waals surface area contributed by atoms with Gasteiger partial charge < -0.3 is 4.74 Å². The van der Waals surface area contributed by atoms with Gasteiger partial charge in [0.15, 0.2) is 5.56 Å². The van der Waals surface area contributed by atoms with Crippen molar-refractivity contribution >= 4 is 25.4 Å². The Morgan fingerprint density at radius 3 is 2.47 bits per heavy atom. The lowest BCUT2D eigenvalue weighted by molar-refractivity contribution is -0.385. The topological polar surface area (TPSA) is 110 Å². The molecular weight excluding hydrogens is 272 g/mol. The van der Waals surface area contributed by atoms with Crippen molar-refractivity contribution < 1.29 is 18.1 Å². The van der Waals surface area contributed by atoms with Crippen molar-refractivity contribution in [3.63, 3.8) is 0 Å². The number of benzene rings is 1. The van der Waals surface area contributed by atoms with E-state index in [0.29, 0.717) is 6.07 Å². The fourth-order valence-electron chi connectivity index (χ4n) is 1.13. The molecule has 0 unspecified atom stereocenters. The first-order chi connectivity index (χ1) is 7.81. The Labute approximate surface area is 101 Å². The highest BCUT2D eigenvalue weighted by Gasteiger charge is 2.24. The first-order valence-electron chi connectivity index (χ1n) is 4.02. The highest BCUT2D eigenvalue weighted by atomic mass is 35.7. The molecular formula is C8H5ClN2O5S. The molecule has 1 aromatic carbocycles. The van der Waals surface area contributed by atoms with E-state index in [1.807, 2.05) is 0 Å². The largest absolute Gasteiger partial charge is 0.495 e. The normalized spacial score (nSPS) is 10.6. The molecule has 0 saturated heterocycles. The molecule has 0 aromatic heterocycles. The van der Waals surface area contributed by atoms with Crippen LogP contribution in [0.3, 0.4) is 0 Å². The molecule has 0 aliphatic carbocycles. The van der Waals surface area contributed by atoms with Crippen LogP contribution in [0.1, 0.15) is 5.56 Å². The van der Waals surface area contributed by atoms with E-state index in [-0.39, 0.29) is 11.3 Å². The second-order valence-electron chi connectivity index (χ2n) is 2.83. The van der Waals surface area contributed by atoms with Crippen LogP contribution in [0, 0.1) is 21.4 Å². The number of ether oxygens (including phenoxy) is 1. The second-order valence-corrected chi connectivity index (χ2v) is 5.39. The molecule has 0 bridgehead atoms. The van der Waals surface area contributed by atoms with Crippen molar-refractivity contribution in [1.82, 2.24) is 0 Å². The summed E-state index contributed by atoms with van der Waals surface area (Å²) in [6.07, 6.45) is 0. The van der Waals surface area contributed by atoms with Crippen molar-refractivity contribution in [1.29, 1.82) is 5.26 Å². The number of halogens is 1. The maximum atomic E-state index is 11.1. The lowest BCUT2D eigenvalue weighted by atomic mass is 10.2. The summed E-state index contributed by atoms with van der Waals surface area (Å²) in [4.78, 5) is 9.31. The second kappa shape index (κ2) is 4.57. The van der Waals surface area contributed by atoms with Crippen LogP contribution in [-0.4, -0.2) is 20.5 Å². The van der Waals surface area contributed by atoms with Crippen LogP contribution in [-0.2, 0) is 9.05 Å². The predicted molar refractivity (Wildman–Crippen MR) is 57.4 cm³/mol. The summed E-state index contributed by atoms with van der Waals surface area (Å²) in [6.45, 7) is 0. The van der Waals surface area contributed by atoms with Crippen LogP contribution >= 0.6 is 10.7 Å². The molecule has 0 N–H and O–H groups in total. The Balaban J connectivity index is 3.71. The van der Waals surface area contributed by atoms with E-state index in [1.165, 1.54) is 0 Å². The minimum atomic E-state index is -4.14. The van der Waals surface area contributed by atoms with E-state index < -0.39 is 24.6 Å². The van der Waals surface area contributed by atoms with E-state index in [0.717, 1.165) is 13.2 Å². The lowest BCUT2D eigenvalue weighted by Gasteiger charge is -2.05. The Morgan fingerprint density at radius 1 is 1.53 bits per heavy atom. The molecule has 0 aliphatic rings. The van der Waals surface area contributed by atoms with Gasteiger partial charge in [-0.05, 0) is 0 Å². The molecule has 0 amide bonds. The number of methoxy groups -OCH3 is 1. The fourth-order valence-corrected chi connectivity index (χ4v) is 1.90. The highest BCUT2D eigenvalue weighted by Crippen LogP contribution is 2.32. The van der Waals surface area contributed by atoms with Gasteiger partial charge >= 0.3 is 0 Å². The molecule has 0 spiro atoms. The quantitative estimate of drug-likeness (QED) is 0.469. The zero-order valence-corrected chi connectivity index (χ0v) is 9.95. The average molecular weight is 277 g/mol. The molecule has 0 aliphatic heterocycles. The van der Waals surface area contributed by atoms with E-state index >= 15 is 0 Å². The molecule has 0 fully saturated rings. The summed E-state index contributed by atoms with van der Waals surface area (Å²) in [5.74, 6) is -0.221. The van der Waals surface area contributed by atoms with Crippen LogP contribution in [0.15, 0.2) is 17.0 Å². The number of rotatable bonds is 3. The Morgan fingerprint density at radius 2 is 2.12 bits per heavy atom. The summed E-state index contributed by atoms with van der Waals surface area (Å²) in [5, 5.41) is 19.4. The Kier molecular flexibility index (Phi) is 3.55. The molecule has 0 heterocycles. The van der Waals surface area contributed by atoms with E-state index in [9.17, 15) is 18.5 Å². The molecule has 0 atom stereocenters. The lowest BCUT2D eigenvalue weighted by Crippen LogP contribution is -2.00. The average Bonchev–Trinajstić information content (AvgIpc) is 2.25. The predicted octanol–water partition coefficient (Wildman–Crippen LogP) is 1.40. The van der Waals surface area contributed by atoms with Gasteiger partial charge in [0.05, 0.1) is 16.9 Å². The fraction of sp³-hybridized carbons (Fsp3) is 0.125. The highest BCUT2D eigenvalue weighted by molar-refractivity contribution is 8.13. The third-order valence-electron chi connectivity index (χ3n) is 1.86. The van der Waals surface area contributed by atoms with Crippen LogP contribution in [0.5, 0.6) is 5.75 Å². The van der Waals surface area contributed by atoms with Crippen molar-refractivity contribution in [2.45, 2.75) is 4.90 Å². The minimum Gasteiger partial charge on any atom is -0.495 e. The van der Waals surface area contributed by atoms with Crippen LogP contribution in [0.2, 0.25) is 0 Å². The summed E-state index contributed by atoms with van der Waals surface area (Å²) >= 11 is 0. The number of nitro benzene ring substituents is 1. The smallest absolute Gasteiger partial charge is 0.292 e. The molecule has 1 rings (SSSR count). The minimum absolute atomic E-state index is 0.221. The maximum absolute atomic E-state index is 11.1. The van der Waals surface area contributed by atoms with Crippen molar-refractivity contribution in [2.75, 3.05) is 7.11 Å². The van der Waals surface area contributed by atoms with Gasteiger partial charge in [0.1, 0.15) is 11.8 Å². The third-order valence-corrected chi connectivity index (χ3v) is 3.20. The maximum Gasteiger partial charge on any atom is 0.292 e. The monoisotopic (exact) mass is 276 g/mol. The van der Waals surface area contributed by atoms with Gasteiger partial charge in [0.2, 0.25) is 0 Å². The molecule has 9 heteroatoms. The third kappa shape index (κ3) is 2.64. The SMILES string of the molecule is COc1cc(S(=O)(=O)Cl)cc([N+](=O)[O-])c1C#N. The Bertz CT molecular complexity index is 620. The van der Waals surface area contributed by atoms with Crippen molar-refractivity contribution in [3.8, 4) is 11.8 Å². The molecule has 7 nitrogen and oxygen atoms in total. The van der Waals surface area contributed by atoms with Gasteiger partial charge in [-0.15, -0.1) is 0 Å². The standard InChI is InChI=1S/C8H5ClN2O5S/c1-16-8-3-5(17(9,14)15)2-7(11(12)13)6(8)4-10/h2-3H,1H3. The van der Waals surface area contributed by atoms with Gasteiger partial charge in [-0.2, -0.15) is 5.26 Å². The summed E-state index contributed by atoms with van der Waals surface area (Å²) in [6, 6.07) is 3.23. The van der Waals surface area contributed by atoms with E-state index in [1.54, 1.807) is 6.07 Å². The van der Waals surface area contributed by atoms with Gasteiger partial charge in [-0.1, -0.05) is 0 Å². The molecule has 0 saturated carbocycles. The van der Waals surface area contributed by atoms with Crippen LogP contribution in [0.25, 0.3) is 0 Å².